The Bertz CT molecular complexity index is 427. The second-order valence-electron chi connectivity index (χ2n) is 5.44. The van der Waals surface area contributed by atoms with Gasteiger partial charge in [-0.05, 0) is 29.4 Å². The van der Waals surface area contributed by atoms with E-state index in [-0.39, 0.29) is 12.6 Å². The molecule has 0 atom stereocenters. The number of unbranched alkanes of at least 4 members (excludes halogenated alkanes) is 3. The van der Waals surface area contributed by atoms with Crippen molar-refractivity contribution in [2.75, 3.05) is 50.7 Å². The molecule has 0 unspecified atom stereocenters. The van der Waals surface area contributed by atoms with Gasteiger partial charge in [-0.1, -0.05) is 53.6 Å². The molecular weight excluding hydrogens is 435 g/mol. The minimum absolute atomic E-state index is 0.244. The normalized spacial score (nSPS) is 10.8. The van der Waals surface area contributed by atoms with Gasteiger partial charge in [0.1, 0.15) is 6.61 Å². The fraction of sp³-hybridized carbons (Fsp3) is 0.632. The topological polar surface area (TPSA) is 54.0 Å². The molecule has 142 valence electrons. The van der Waals surface area contributed by atoms with E-state index in [9.17, 15) is 4.79 Å². The number of carbonyl (C=O) groups is 1. The summed E-state index contributed by atoms with van der Waals surface area (Å²) in [5, 5.41) is 0. The van der Waals surface area contributed by atoms with Crippen molar-refractivity contribution in [1.29, 1.82) is 0 Å². The average Bonchev–Trinajstić information content (AvgIpc) is 2.65. The van der Waals surface area contributed by atoms with Crippen LogP contribution in [-0.4, -0.2) is 56.6 Å². The zero-order chi connectivity index (χ0) is 18.0. The predicted molar refractivity (Wildman–Crippen MR) is 107 cm³/mol. The van der Waals surface area contributed by atoms with Gasteiger partial charge in [0.05, 0.1) is 38.6 Å². The molecule has 5 nitrogen and oxygen atoms in total. The first-order chi connectivity index (χ1) is 12.3. The molecule has 0 bridgehead atoms. The smallest absolute Gasteiger partial charge is 0.338 e. The van der Waals surface area contributed by atoms with Crippen molar-refractivity contribution in [1.82, 2.24) is 0 Å². The van der Waals surface area contributed by atoms with Gasteiger partial charge in [0.15, 0.2) is 0 Å². The molecule has 1 rings (SSSR count). The SMILES string of the molecule is O=C(OCCOCCOCCOCCCCCCI)c1ccccc1. The summed E-state index contributed by atoms with van der Waals surface area (Å²) in [5.41, 5.74) is 0.552. The quantitative estimate of drug-likeness (QED) is 0.161. The average molecular weight is 464 g/mol. The van der Waals surface area contributed by atoms with Gasteiger partial charge >= 0.3 is 5.97 Å². The fourth-order valence-electron chi connectivity index (χ4n) is 2.04. The first kappa shape index (κ1) is 22.3. The van der Waals surface area contributed by atoms with Crippen molar-refractivity contribution in [2.24, 2.45) is 0 Å². The standard InChI is InChI=1S/C19H29IO5/c20-10-6-1-2-7-11-22-12-13-23-14-15-24-16-17-25-19(21)18-8-4-3-5-9-18/h3-5,8-9H,1-2,6-7,10-17H2. The highest BCUT2D eigenvalue weighted by molar-refractivity contribution is 14.1. The first-order valence-corrected chi connectivity index (χ1v) is 10.4. The molecule has 0 heterocycles. The van der Waals surface area contributed by atoms with Crippen LogP contribution in [0, 0.1) is 0 Å². The van der Waals surface area contributed by atoms with Gasteiger partial charge in [-0.25, -0.2) is 4.79 Å². The number of halogens is 1. The van der Waals surface area contributed by atoms with E-state index in [0.717, 1.165) is 13.0 Å². The molecule has 25 heavy (non-hydrogen) atoms. The summed E-state index contributed by atoms with van der Waals surface area (Å²) in [7, 11) is 0. The van der Waals surface area contributed by atoms with Crippen LogP contribution >= 0.6 is 22.6 Å². The second-order valence-corrected chi connectivity index (χ2v) is 6.52. The number of hydrogen-bond acceptors (Lipinski definition) is 5. The Hall–Kier alpha value is -0.700. The maximum absolute atomic E-state index is 11.7. The van der Waals surface area contributed by atoms with Gasteiger partial charge in [-0.15, -0.1) is 0 Å². The fourth-order valence-corrected chi connectivity index (χ4v) is 2.58. The van der Waals surface area contributed by atoms with E-state index in [2.05, 4.69) is 22.6 Å². The van der Waals surface area contributed by atoms with Crippen molar-refractivity contribution in [3.63, 3.8) is 0 Å². The van der Waals surface area contributed by atoms with Crippen LogP contribution in [0.1, 0.15) is 36.0 Å². The number of hydrogen-bond donors (Lipinski definition) is 0. The molecule has 0 saturated heterocycles. The van der Waals surface area contributed by atoms with E-state index >= 15 is 0 Å². The van der Waals surface area contributed by atoms with Crippen LogP contribution in [0.5, 0.6) is 0 Å². The maximum atomic E-state index is 11.7. The van der Waals surface area contributed by atoms with E-state index in [4.69, 9.17) is 18.9 Å². The van der Waals surface area contributed by atoms with Crippen LogP contribution < -0.4 is 0 Å². The van der Waals surface area contributed by atoms with E-state index in [1.165, 1.54) is 23.7 Å². The minimum Gasteiger partial charge on any atom is -0.460 e. The van der Waals surface area contributed by atoms with Crippen LogP contribution in [-0.2, 0) is 18.9 Å². The highest BCUT2D eigenvalue weighted by Crippen LogP contribution is 2.02. The summed E-state index contributed by atoms with van der Waals surface area (Å²) < 4.78 is 22.6. The van der Waals surface area contributed by atoms with Crippen LogP contribution in [0.3, 0.4) is 0 Å². The van der Waals surface area contributed by atoms with Crippen molar-refractivity contribution in [3.8, 4) is 0 Å². The zero-order valence-corrected chi connectivity index (χ0v) is 16.9. The number of ether oxygens (including phenoxy) is 4. The number of carbonyl (C=O) groups excluding carboxylic acids is 1. The third-order valence-corrected chi connectivity index (χ3v) is 4.15. The summed E-state index contributed by atoms with van der Waals surface area (Å²) in [6.07, 6.45) is 4.96. The lowest BCUT2D eigenvalue weighted by atomic mass is 10.2. The van der Waals surface area contributed by atoms with Crippen molar-refractivity contribution in [2.45, 2.75) is 25.7 Å². The minimum atomic E-state index is -0.327. The van der Waals surface area contributed by atoms with Gasteiger partial charge < -0.3 is 18.9 Å². The van der Waals surface area contributed by atoms with Crippen LogP contribution in [0.4, 0.5) is 0 Å². The summed E-state index contributed by atoms with van der Waals surface area (Å²) in [4.78, 5) is 11.7. The monoisotopic (exact) mass is 464 g/mol. The summed E-state index contributed by atoms with van der Waals surface area (Å²) >= 11 is 2.41. The summed E-state index contributed by atoms with van der Waals surface area (Å²) in [6.45, 7) is 3.64. The first-order valence-electron chi connectivity index (χ1n) is 8.86. The van der Waals surface area contributed by atoms with E-state index in [1.54, 1.807) is 24.3 Å². The van der Waals surface area contributed by atoms with Gasteiger partial charge in [0, 0.05) is 6.61 Å². The lowest BCUT2D eigenvalue weighted by molar-refractivity contribution is 0.000192. The highest BCUT2D eigenvalue weighted by Gasteiger charge is 2.04. The molecule has 0 amide bonds. The van der Waals surface area contributed by atoms with E-state index in [0.29, 0.717) is 38.6 Å². The molecule has 0 aliphatic rings. The molecule has 0 aliphatic carbocycles. The Kier molecular flexibility index (Phi) is 15.0. The van der Waals surface area contributed by atoms with Crippen LogP contribution in [0.25, 0.3) is 0 Å². The molecule has 0 fully saturated rings. The lowest BCUT2D eigenvalue weighted by Crippen LogP contribution is -2.14. The molecular formula is C19H29IO5. The molecule has 0 aliphatic heterocycles. The molecule has 0 spiro atoms. The second kappa shape index (κ2) is 16.8. The Morgan fingerprint density at radius 2 is 1.28 bits per heavy atom. The van der Waals surface area contributed by atoms with Crippen LogP contribution in [0.15, 0.2) is 30.3 Å². The predicted octanol–water partition coefficient (Wildman–Crippen LogP) is 3.89. The Balaban J connectivity index is 1.78. The maximum Gasteiger partial charge on any atom is 0.338 e. The van der Waals surface area contributed by atoms with Crippen LogP contribution in [0.2, 0.25) is 0 Å². The zero-order valence-electron chi connectivity index (χ0n) is 14.8. The molecule has 0 radical (unpaired) electrons. The highest BCUT2D eigenvalue weighted by atomic mass is 127. The molecule has 1 aromatic rings. The van der Waals surface area contributed by atoms with Gasteiger partial charge in [-0.3, -0.25) is 0 Å². The summed E-state index contributed by atoms with van der Waals surface area (Å²) in [6, 6.07) is 8.92. The number of rotatable bonds is 16. The molecule has 0 N–H and O–H groups in total. The molecule has 0 aromatic heterocycles. The molecule has 1 aromatic carbocycles. The number of benzene rings is 1. The van der Waals surface area contributed by atoms with Crippen molar-refractivity contribution in [3.05, 3.63) is 35.9 Å². The Morgan fingerprint density at radius 3 is 1.92 bits per heavy atom. The van der Waals surface area contributed by atoms with E-state index in [1.807, 2.05) is 6.07 Å². The summed E-state index contributed by atoms with van der Waals surface area (Å²) in [5.74, 6) is -0.327. The Labute approximate surface area is 164 Å². The van der Waals surface area contributed by atoms with Gasteiger partial charge in [-0.2, -0.15) is 0 Å². The molecule has 6 heteroatoms. The van der Waals surface area contributed by atoms with Gasteiger partial charge in [0.25, 0.3) is 0 Å². The van der Waals surface area contributed by atoms with Gasteiger partial charge in [0.2, 0.25) is 0 Å². The molecule has 0 saturated carbocycles. The third kappa shape index (κ3) is 13.2. The Morgan fingerprint density at radius 1 is 0.720 bits per heavy atom. The third-order valence-electron chi connectivity index (χ3n) is 3.39. The number of alkyl halides is 1. The van der Waals surface area contributed by atoms with E-state index < -0.39 is 0 Å². The lowest BCUT2D eigenvalue weighted by Gasteiger charge is -2.07. The number of esters is 1. The van der Waals surface area contributed by atoms with Crippen molar-refractivity contribution >= 4 is 28.6 Å². The largest absolute Gasteiger partial charge is 0.460 e. The van der Waals surface area contributed by atoms with Crippen molar-refractivity contribution < 1.29 is 23.7 Å².